The van der Waals surface area contributed by atoms with Gasteiger partial charge in [0.15, 0.2) is 0 Å². The van der Waals surface area contributed by atoms with Gasteiger partial charge in [0.05, 0.1) is 0 Å². The zero-order valence-corrected chi connectivity index (χ0v) is 13.3. The van der Waals surface area contributed by atoms with E-state index in [0.29, 0.717) is 30.2 Å². The van der Waals surface area contributed by atoms with Crippen LogP contribution in [0.5, 0.6) is 0 Å². The highest BCUT2D eigenvalue weighted by Gasteiger charge is 2.26. The van der Waals surface area contributed by atoms with Crippen molar-refractivity contribution in [1.82, 2.24) is 31.9 Å². The first-order valence-corrected chi connectivity index (χ1v) is 8.67. The highest BCUT2D eigenvalue weighted by Crippen LogP contribution is 2.08. The van der Waals surface area contributed by atoms with Gasteiger partial charge in [-0.1, -0.05) is 0 Å². The van der Waals surface area contributed by atoms with E-state index in [2.05, 4.69) is 38.8 Å². The summed E-state index contributed by atoms with van der Waals surface area (Å²) in [5.74, 6) is 0. The highest BCUT2D eigenvalue weighted by molar-refractivity contribution is 4.91. The second kappa shape index (κ2) is 7.85. The molecule has 122 valence electrons. The molecule has 3 aliphatic heterocycles. The molecule has 0 bridgehead atoms. The molecule has 0 aromatic carbocycles. The summed E-state index contributed by atoms with van der Waals surface area (Å²) in [6, 6.07) is 3.03. The van der Waals surface area contributed by atoms with E-state index in [0.717, 1.165) is 45.8 Å². The Bertz CT molecular complexity index is 299. The monoisotopic (exact) mass is 296 g/mol. The maximum Gasteiger partial charge on any atom is 0.0210 e. The second-order valence-corrected chi connectivity index (χ2v) is 6.96. The van der Waals surface area contributed by atoms with E-state index in [-0.39, 0.29) is 0 Å². The van der Waals surface area contributed by atoms with Crippen molar-refractivity contribution in [2.24, 2.45) is 0 Å². The van der Waals surface area contributed by atoms with E-state index in [1.165, 1.54) is 12.8 Å². The third kappa shape index (κ3) is 4.87. The van der Waals surface area contributed by atoms with Crippen LogP contribution in [0, 0.1) is 0 Å². The lowest BCUT2D eigenvalue weighted by Crippen LogP contribution is -2.61. The minimum absolute atomic E-state index is 0.595. The number of nitrogens with one attached hydrogen (secondary N) is 6. The summed E-state index contributed by atoms with van der Waals surface area (Å²) in [5.41, 5.74) is 0. The number of rotatable bonds is 4. The summed E-state index contributed by atoms with van der Waals surface area (Å²) in [6.45, 7) is 9.96. The Balaban J connectivity index is 1.34. The molecule has 5 atom stereocenters. The Morgan fingerprint density at radius 1 is 0.667 bits per heavy atom. The number of hydrogen-bond acceptors (Lipinski definition) is 6. The lowest BCUT2D eigenvalue weighted by atomic mass is 9.98. The molecule has 6 N–H and O–H groups in total. The van der Waals surface area contributed by atoms with Crippen LogP contribution in [-0.2, 0) is 0 Å². The molecule has 21 heavy (non-hydrogen) atoms. The molecular formula is C15H32N6. The van der Waals surface area contributed by atoms with Gasteiger partial charge in [-0.05, 0) is 19.8 Å². The Kier molecular flexibility index (Phi) is 5.85. The molecule has 3 rings (SSSR count). The average Bonchev–Trinajstić information content (AvgIpc) is 2.50. The highest BCUT2D eigenvalue weighted by atomic mass is 15.1. The van der Waals surface area contributed by atoms with Gasteiger partial charge in [-0.15, -0.1) is 0 Å². The van der Waals surface area contributed by atoms with Crippen LogP contribution in [0.3, 0.4) is 0 Å². The van der Waals surface area contributed by atoms with Crippen LogP contribution < -0.4 is 31.9 Å². The van der Waals surface area contributed by atoms with Gasteiger partial charge in [-0.2, -0.15) is 0 Å². The average molecular weight is 296 g/mol. The number of hydrogen-bond donors (Lipinski definition) is 6. The summed E-state index contributed by atoms with van der Waals surface area (Å²) in [6.07, 6.45) is 2.42. The van der Waals surface area contributed by atoms with Gasteiger partial charge in [0.25, 0.3) is 0 Å². The standard InChI is InChI=1S/C15H32N6/c1-11-6-17-8-15(21-11)5-14-10-19-13(9-20-14)4-12-7-16-2-3-18-12/h11-21H,2-10H2,1H3. The first-order chi connectivity index (χ1) is 10.3. The van der Waals surface area contributed by atoms with E-state index in [4.69, 9.17) is 0 Å². The van der Waals surface area contributed by atoms with E-state index >= 15 is 0 Å². The van der Waals surface area contributed by atoms with Crippen LogP contribution >= 0.6 is 0 Å². The second-order valence-electron chi connectivity index (χ2n) is 6.96. The van der Waals surface area contributed by atoms with Crippen molar-refractivity contribution in [2.75, 3.05) is 45.8 Å². The van der Waals surface area contributed by atoms with Crippen molar-refractivity contribution in [2.45, 2.75) is 50.0 Å². The Morgan fingerprint density at radius 3 is 1.95 bits per heavy atom. The summed E-state index contributed by atoms with van der Waals surface area (Å²) >= 11 is 0. The first kappa shape index (κ1) is 15.6. The van der Waals surface area contributed by atoms with Crippen LogP contribution in [0.1, 0.15) is 19.8 Å². The van der Waals surface area contributed by atoms with Crippen LogP contribution in [0.4, 0.5) is 0 Å². The minimum atomic E-state index is 0.595. The molecule has 6 heteroatoms. The van der Waals surface area contributed by atoms with Crippen molar-refractivity contribution in [3.63, 3.8) is 0 Å². The molecule has 0 radical (unpaired) electrons. The Hall–Kier alpha value is -0.240. The molecule has 3 fully saturated rings. The first-order valence-electron chi connectivity index (χ1n) is 8.67. The zero-order valence-electron chi connectivity index (χ0n) is 13.3. The smallest absolute Gasteiger partial charge is 0.0210 e. The van der Waals surface area contributed by atoms with Crippen molar-refractivity contribution in [1.29, 1.82) is 0 Å². The van der Waals surface area contributed by atoms with E-state index in [9.17, 15) is 0 Å². The maximum absolute atomic E-state index is 3.74. The van der Waals surface area contributed by atoms with Gasteiger partial charge >= 0.3 is 0 Å². The van der Waals surface area contributed by atoms with Gasteiger partial charge in [0.1, 0.15) is 0 Å². The van der Waals surface area contributed by atoms with Gasteiger partial charge in [0.2, 0.25) is 0 Å². The fourth-order valence-corrected chi connectivity index (χ4v) is 3.81. The van der Waals surface area contributed by atoms with E-state index in [1.54, 1.807) is 0 Å². The Morgan fingerprint density at radius 2 is 1.33 bits per heavy atom. The van der Waals surface area contributed by atoms with Crippen LogP contribution in [0.15, 0.2) is 0 Å². The normalized spacial score (nSPS) is 41.9. The predicted octanol–water partition coefficient (Wildman–Crippen LogP) is -1.79. The third-order valence-electron chi connectivity index (χ3n) is 4.93. The molecule has 0 aromatic heterocycles. The van der Waals surface area contributed by atoms with Crippen molar-refractivity contribution < 1.29 is 0 Å². The summed E-state index contributed by atoms with van der Waals surface area (Å²) in [5, 5.41) is 21.7. The quantitative estimate of drug-likeness (QED) is 0.368. The van der Waals surface area contributed by atoms with Crippen molar-refractivity contribution in [3.8, 4) is 0 Å². The maximum atomic E-state index is 3.74. The van der Waals surface area contributed by atoms with Crippen LogP contribution in [0.25, 0.3) is 0 Å². The lowest BCUT2D eigenvalue weighted by molar-refractivity contribution is 0.255. The third-order valence-corrected chi connectivity index (χ3v) is 4.93. The molecule has 3 aliphatic rings. The van der Waals surface area contributed by atoms with E-state index < -0.39 is 0 Å². The molecule has 0 saturated carbocycles. The van der Waals surface area contributed by atoms with Crippen molar-refractivity contribution >= 4 is 0 Å². The van der Waals surface area contributed by atoms with Gasteiger partial charge in [-0.3, -0.25) is 0 Å². The molecule has 0 aromatic rings. The lowest BCUT2D eigenvalue weighted by Gasteiger charge is -2.37. The molecule has 0 aliphatic carbocycles. The molecule has 3 heterocycles. The van der Waals surface area contributed by atoms with Crippen molar-refractivity contribution in [3.05, 3.63) is 0 Å². The summed E-state index contributed by atoms with van der Waals surface area (Å²) in [4.78, 5) is 0. The molecule has 0 spiro atoms. The molecule has 5 unspecified atom stereocenters. The van der Waals surface area contributed by atoms with Gasteiger partial charge in [0, 0.05) is 76.0 Å². The minimum Gasteiger partial charge on any atom is -0.314 e. The van der Waals surface area contributed by atoms with Crippen LogP contribution in [-0.4, -0.2) is 76.0 Å². The summed E-state index contributed by atoms with van der Waals surface area (Å²) in [7, 11) is 0. The topological polar surface area (TPSA) is 72.2 Å². The van der Waals surface area contributed by atoms with Crippen LogP contribution in [0.2, 0.25) is 0 Å². The fraction of sp³-hybridized carbons (Fsp3) is 1.00. The van der Waals surface area contributed by atoms with Gasteiger partial charge < -0.3 is 31.9 Å². The summed E-state index contributed by atoms with van der Waals surface area (Å²) < 4.78 is 0. The van der Waals surface area contributed by atoms with E-state index in [1.807, 2.05) is 0 Å². The molecule has 3 saturated heterocycles. The van der Waals surface area contributed by atoms with Gasteiger partial charge in [-0.25, -0.2) is 0 Å². The SMILES string of the molecule is CC1CNCC(CC2CNC(CC3CNCCN3)CN2)N1. The molecule has 0 amide bonds. The zero-order chi connectivity index (χ0) is 14.5. The predicted molar refractivity (Wildman–Crippen MR) is 86.7 cm³/mol. The molecule has 6 nitrogen and oxygen atoms in total. The largest absolute Gasteiger partial charge is 0.314 e. The number of piperazine rings is 3. The fourth-order valence-electron chi connectivity index (χ4n) is 3.81. The Labute approximate surface area is 128 Å². The molecular weight excluding hydrogens is 264 g/mol.